The van der Waals surface area contributed by atoms with Crippen LogP contribution in [-0.2, 0) is 0 Å². The van der Waals surface area contributed by atoms with Gasteiger partial charge in [-0.05, 0) is 87.0 Å². The number of anilines is 2. The average Bonchev–Trinajstić information content (AvgIpc) is 3.01. The second kappa shape index (κ2) is 20.0. The maximum absolute atomic E-state index is 5.80. The molecule has 3 rings (SSSR count). The Morgan fingerprint density at radius 3 is 2.70 bits per heavy atom. The second-order valence-corrected chi connectivity index (χ2v) is 12.1. The first-order chi connectivity index (χ1) is 20.9. The number of nitrogens with two attached hydrogens (primary N) is 1. The molecule has 0 radical (unpaired) electrons. The zero-order chi connectivity index (χ0) is 31.5. The van der Waals surface area contributed by atoms with Gasteiger partial charge in [-0.25, -0.2) is 0 Å². The fourth-order valence-electron chi connectivity index (χ4n) is 4.19. The number of allylic oxidation sites excluding steroid dienone is 8. The maximum atomic E-state index is 5.80. The number of terminal acetylenes is 1. The number of pyridine rings is 1. The van der Waals surface area contributed by atoms with Crippen molar-refractivity contribution in [3.8, 4) is 12.8 Å². The van der Waals surface area contributed by atoms with Gasteiger partial charge < -0.3 is 16.4 Å². The van der Waals surface area contributed by atoms with Crippen molar-refractivity contribution in [1.82, 2.24) is 4.98 Å². The van der Waals surface area contributed by atoms with Crippen molar-refractivity contribution in [2.75, 3.05) is 22.9 Å². The zero-order valence-corrected chi connectivity index (χ0v) is 27.6. The Morgan fingerprint density at radius 1 is 1.14 bits per heavy atom. The lowest BCUT2D eigenvalue weighted by molar-refractivity contribution is 0.866. The van der Waals surface area contributed by atoms with Gasteiger partial charge in [0.25, 0.3) is 0 Å². The standard InChI is InChI=1S/C35H42N4S2.C2H2/c1-6-7-15-31-29(5)34(25-28(4)38-31)37-22-13-9-8-10-14-23-40-41-35-17-12-11-16-33(35)39-32(20-21-36)30-24-26(2)18-19-27(30)3;1-2/h7-9,11-21,24-25,27,39H,6,22-23,36H2,1-5H3,(H,37,38);1-2H/b13-9-,15-7-,21-20-,32-30+;. The molecular weight excluding hydrogens is 565 g/mol. The average molecular weight is 609 g/mol. The molecule has 0 bridgehead atoms. The minimum atomic E-state index is 0.318. The number of aryl methyl sites for hydroxylation is 1. The van der Waals surface area contributed by atoms with Crippen LogP contribution in [0.2, 0.25) is 0 Å². The number of nitrogens with one attached hydrogen (secondary N) is 2. The molecule has 224 valence electrons. The van der Waals surface area contributed by atoms with Crippen molar-refractivity contribution >= 4 is 39.0 Å². The number of hydrogen-bond acceptors (Lipinski definition) is 6. The van der Waals surface area contributed by atoms with Crippen LogP contribution in [0.5, 0.6) is 0 Å². The monoisotopic (exact) mass is 608 g/mol. The van der Waals surface area contributed by atoms with E-state index in [1.165, 1.54) is 21.6 Å². The second-order valence-electron chi connectivity index (χ2n) is 9.73. The molecule has 1 heterocycles. The molecule has 43 heavy (non-hydrogen) atoms. The van der Waals surface area contributed by atoms with Crippen molar-refractivity contribution in [3.63, 3.8) is 0 Å². The van der Waals surface area contributed by atoms with Crippen LogP contribution in [0.15, 0.2) is 119 Å². The normalized spacial score (nSPS) is 15.5. The third-order valence-electron chi connectivity index (χ3n) is 6.36. The van der Waals surface area contributed by atoms with Gasteiger partial charge >= 0.3 is 0 Å². The van der Waals surface area contributed by atoms with E-state index in [1.54, 1.807) is 27.8 Å². The van der Waals surface area contributed by atoms with Crippen LogP contribution < -0.4 is 16.4 Å². The molecule has 1 aromatic heterocycles. The van der Waals surface area contributed by atoms with E-state index in [0.29, 0.717) is 5.92 Å². The molecule has 4 N–H and O–H groups in total. The Bertz CT molecular complexity index is 1460. The van der Waals surface area contributed by atoms with Crippen LogP contribution >= 0.6 is 21.6 Å². The molecule has 1 aliphatic carbocycles. The largest absolute Gasteiger partial charge is 0.405 e. The highest BCUT2D eigenvalue weighted by molar-refractivity contribution is 8.76. The van der Waals surface area contributed by atoms with Crippen molar-refractivity contribution in [2.24, 2.45) is 11.7 Å². The highest BCUT2D eigenvalue weighted by Gasteiger charge is 2.14. The van der Waals surface area contributed by atoms with Crippen molar-refractivity contribution in [2.45, 2.75) is 45.9 Å². The molecule has 1 unspecified atom stereocenters. The summed E-state index contributed by atoms with van der Waals surface area (Å²) in [6.07, 6.45) is 31.5. The molecule has 0 spiro atoms. The Kier molecular flexibility index (Phi) is 16.4. The van der Waals surface area contributed by atoms with E-state index in [4.69, 9.17) is 5.73 Å². The molecule has 0 aliphatic heterocycles. The van der Waals surface area contributed by atoms with Crippen LogP contribution in [0, 0.1) is 32.6 Å². The fraction of sp³-hybridized carbons (Fsp3) is 0.243. The van der Waals surface area contributed by atoms with E-state index < -0.39 is 0 Å². The van der Waals surface area contributed by atoms with Gasteiger partial charge in [0.05, 0.1) is 11.4 Å². The predicted molar refractivity (Wildman–Crippen MR) is 194 cm³/mol. The van der Waals surface area contributed by atoms with Gasteiger partial charge in [0.2, 0.25) is 0 Å². The SMILES string of the molecule is C#C.CC/C=C\c1nc(C)cc(NC/C=C\C=C=CCSSc2ccccc2NC(/C=C\N)=C2\C=C(C)C=CC2C)c1C. The fourth-order valence-corrected chi connectivity index (χ4v) is 6.11. The van der Waals surface area contributed by atoms with Gasteiger partial charge in [-0.15, -0.1) is 18.6 Å². The first-order valence-electron chi connectivity index (χ1n) is 14.4. The third-order valence-corrected chi connectivity index (χ3v) is 8.61. The van der Waals surface area contributed by atoms with E-state index >= 15 is 0 Å². The lowest BCUT2D eigenvalue weighted by atomic mass is 9.91. The first kappa shape index (κ1) is 35.2. The quantitative estimate of drug-likeness (QED) is 0.0692. The molecule has 2 aromatic rings. The van der Waals surface area contributed by atoms with Crippen LogP contribution in [0.4, 0.5) is 11.4 Å². The van der Waals surface area contributed by atoms with Gasteiger partial charge in [0, 0.05) is 40.2 Å². The van der Waals surface area contributed by atoms with Crippen molar-refractivity contribution in [3.05, 3.63) is 131 Å². The summed E-state index contributed by atoms with van der Waals surface area (Å²) in [4.78, 5) is 5.83. The summed E-state index contributed by atoms with van der Waals surface area (Å²) in [6.45, 7) is 11.3. The lowest BCUT2D eigenvalue weighted by Crippen LogP contribution is -2.09. The maximum Gasteiger partial charge on any atom is 0.0679 e. The van der Waals surface area contributed by atoms with Gasteiger partial charge in [-0.1, -0.05) is 89.6 Å². The van der Waals surface area contributed by atoms with Crippen LogP contribution in [-0.4, -0.2) is 17.3 Å². The molecule has 0 fully saturated rings. The summed E-state index contributed by atoms with van der Waals surface area (Å²) in [5, 5.41) is 7.13. The van der Waals surface area contributed by atoms with Crippen molar-refractivity contribution < 1.29 is 0 Å². The Labute approximate surface area is 267 Å². The topological polar surface area (TPSA) is 63.0 Å². The zero-order valence-electron chi connectivity index (χ0n) is 25.9. The van der Waals surface area contributed by atoms with Gasteiger partial charge in [0.1, 0.15) is 0 Å². The number of benzene rings is 1. The summed E-state index contributed by atoms with van der Waals surface area (Å²) in [5.74, 6) is 1.17. The first-order valence-corrected chi connectivity index (χ1v) is 16.7. The number of nitrogens with zero attached hydrogens (tertiary/aromatic N) is 1. The number of para-hydroxylation sites is 1. The summed E-state index contributed by atoms with van der Waals surface area (Å²) in [5.41, 5.74) is 18.0. The van der Waals surface area contributed by atoms with E-state index in [0.717, 1.165) is 47.2 Å². The highest BCUT2D eigenvalue weighted by atomic mass is 33.1. The summed E-state index contributed by atoms with van der Waals surface area (Å²) >= 11 is 0. The smallest absolute Gasteiger partial charge is 0.0679 e. The molecule has 0 saturated heterocycles. The van der Waals surface area contributed by atoms with Gasteiger partial charge in [0.15, 0.2) is 0 Å². The van der Waals surface area contributed by atoms with Gasteiger partial charge in [-0.3, -0.25) is 4.98 Å². The molecule has 1 atom stereocenters. The minimum Gasteiger partial charge on any atom is -0.405 e. The Balaban J connectivity index is 0.00000316. The predicted octanol–water partition coefficient (Wildman–Crippen LogP) is 9.78. The molecular formula is C37H44N4S2. The summed E-state index contributed by atoms with van der Waals surface area (Å²) in [7, 11) is 3.54. The van der Waals surface area contributed by atoms with Crippen LogP contribution in [0.3, 0.4) is 0 Å². The summed E-state index contributed by atoms with van der Waals surface area (Å²) in [6, 6.07) is 10.5. The van der Waals surface area contributed by atoms with Crippen LogP contribution in [0.25, 0.3) is 6.08 Å². The minimum absolute atomic E-state index is 0.318. The van der Waals surface area contributed by atoms with Gasteiger partial charge in [-0.2, -0.15) is 0 Å². The van der Waals surface area contributed by atoms with E-state index in [-0.39, 0.29) is 0 Å². The summed E-state index contributed by atoms with van der Waals surface area (Å²) < 4.78 is 0. The molecule has 0 saturated carbocycles. The Hall–Kier alpha value is -4.01. The highest BCUT2D eigenvalue weighted by Crippen LogP contribution is 2.37. The van der Waals surface area contributed by atoms with Crippen molar-refractivity contribution in [1.29, 1.82) is 0 Å². The number of rotatable bonds is 13. The van der Waals surface area contributed by atoms with E-state index in [9.17, 15) is 0 Å². The van der Waals surface area contributed by atoms with E-state index in [1.807, 2.05) is 25.2 Å². The number of aromatic nitrogens is 1. The molecule has 1 aromatic carbocycles. The lowest BCUT2D eigenvalue weighted by Gasteiger charge is -2.20. The van der Waals surface area contributed by atoms with Crippen LogP contribution in [0.1, 0.15) is 44.1 Å². The Morgan fingerprint density at radius 2 is 1.93 bits per heavy atom. The van der Waals surface area contributed by atoms with E-state index in [2.05, 4.69) is 135 Å². The molecule has 4 nitrogen and oxygen atoms in total. The molecule has 6 heteroatoms. The third kappa shape index (κ3) is 12.0. The number of hydrogen-bond donors (Lipinski definition) is 3. The molecule has 0 amide bonds. The molecule has 1 aliphatic rings.